The molecule has 3 heterocycles. The number of carbonyl (C=O) groups is 1. The van der Waals surface area contributed by atoms with Gasteiger partial charge < -0.3 is 10.1 Å². The lowest BCUT2D eigenvalue weighted by atomic mass is 10.3. The average Bonchev–Trinajstić information content (AvgIpc) is 3.24. The smallest absolute Gasteiger partial charge is 0.312 e. The zero-order valence-electron chi connectivity index (χ0n) is 16.1. The molecule has 1 N–H and O–H groups in total. The van der Waals surface area contributed by atoms with Gasteiger partial charge in [0.05, 0.1) is 18.1 Å². The number of nitrogens with one attached hydrogen (secondary N) is 1. The van der Waals surface area contributed by atoms with Crippen LogP contribution in [0.3, 0.4) is 0 Å². The van der Waals surface area contributed by atoms with Crippen LogP contribution in [0.25, 0.3) is 0 Å². The normalized spacial score (nSPS) is 14.9. The molecule has 28 heavy (non-hydrogen) atoms. The van der Waals surface area contributed by atoms with E-state index in [9.17, 15) is 14.9 Å². The summed E-state index contributed by atoms with van der Waals surface area (Å²) < 4.78 is 8.35. The predicted octanol–water partition coefficient (Wildman–Crippen LogP) is 0.563. The number of aryl methyl sites for hydroxylation is 1. The molecule has 2 aromatic heterocycles. The van der Waals surface area contributed by atoms with Crippen molar-refractivity contribution < 1.29 is 14.5 Å². The van der Waals surface area contributed by atoms with E-state index >= 15 is 0 Å². The molecule has 0 saturated carbocycles. The van der Waals surface area contributed by atoms with Crippen LogP contribution in [0, 0.1) is 24.0 Å². The van der Waals surface area contributed by atoms with Crippen molar-refractivity contribution in [2.75, 3.05) is 39.4 Å². The number of amides is 1. The molecule has 0 aromatic carbocycles. The maximum absolute atomic E-state index is 12.2. The zero-order chi connectivity index (χ0) is 20.1. The maximum atomic E-state index is 12.2. The number of nitrogens with zero attached hydrogens (tertiary/aromatic N) is 6. The zero-order valence-corrected chi connectivity index (χ0v) is 16.1. The van der Waals surface area contributed by atoms with Gasteiger partial charge in [-0.05, 0) is 32.9 Å². The van der Waals surface area contributed by atoms with Crippen LogP contribution in [0.2, 0.25) is 0 Å². The molecule has 1 saturated heterocycles. The topological polar surface area (TPSA) is 120 Å². The summed E-state index contributed by atoms with van der Waals surface area (Å²) in [6, 6.07) is 1.62. The Kier molecular flexibility index (Phi) is 6.37. The van der Waals surface area contributed by atoms with Crippen LogP contribution in [0.15, 0.2) is 12.3 Å². The van der Waals surface area contributed by atoms with Gasteiger partial charge >= 0.3 is 5.69 Å². The molecule has 11 heteroatoms. The first-order valence-electron chi connectivity index (χ1n) is 9.26. The summed E-state index contributed by atoms with van der Waals surface area (Å²) in [4.78, 5) is 25.2. The summed E-state index contributed by atoms with van der Waals surface area (Å²) in [7, 11) is 0. The quantitative estimate of drug-likeness (QED) is 0.397. The Labute approximate surface area is 162 Å². The molecule has 0 radical (unpaired) electrons. The van der Waals surface area contributed by atoms with Crippen molar-refractivity contribution in [1.29, 1.82) is 0 Å². The monoisotopic (exact) mass is 391 g/mol. The second-order valence-electron chi connectivity index (χ2n) is 6.72. The number of hydrogen-bond donors (Lipinski definition) is 1. The summed E-state index contributed by atoms with van der Waals surface area (Å²) in [6.45, 7) is 8.34. The number of aromatic nitrogens is 4. The number of carbonyl (C=O) groups excluding carboxylic acids is 1. The Balaban J connectivity index is 1.50. The minimum atomic E-state index is -0.437. The van der Waals surface area contributed by atoms with Gasteiger partial charge in [-0.3, -0.25) is 24.5 Å². The van der Waals surface area contributed by atoms with E-state index < -0.39 is 4.92 Å². The highest BCUT2D eigenvalue weighted by atomic mass is 16.6. The van der Waals surface area contributed by atoms with Crippen LogP contribution >= 0.6 is 0 Å². The van der Waals surface area contributed by atoms with Gasteiger partial charge in [0.15, 0.2) is 0 Å². The van der Waals surface area contributed by atoms with Gasteiger partial charge in [0.25, 0.3) is 5.91 Å². The standard InChI is InChI=1S/C17H25N7O4/c1-13-16(24(26)27)14(2)23(19-13)12-22-7-4-15(20-22)17(25)18-5-3-6-21-8-10-28-11-9-21/h4,7H,3,5-6,8-12H2,1-2H3,(H,18,25). The van der Waals surface area contributed by atoms with E-state index in [1.807, 2.05) is 0 Å². The van der Waals surface area contributed by atoms with E-state index in [1.165, 1.54) is 9.36 Å². The lowest BCUT2D eigenvalue weighted by Crippen LogP contribution is -2.38. The van der Waals surface area contributed by atoms with Crippen LogP contribution in [0.5, 0.6) is 0 Å². The predicted molar refractivity (Wildman–Crippen MR) is 100 cm³/mol. The Morgan fingerprint density at radius 2 is 2.07 bits per heavy atom. The number of hydrogen-bond acceptors (Lipinski definition) is 7. The summed E-state index contributed by atoms with van der Waals surface area (Å²) in [6.07, 6.45) is 2.52. The molecule has 11 nitrogen and oxygen atoms in total. The molecule has 1 aliphatic heterocycles. The lowest BCUT2D eigenvalue weighted by Gasteiger charge is -2.26. The van der Waals surface area contributed by atoms with Gasteiger partial charge in [-0.25, -0.2) is 4.68 Å². The van der Waals surface area contributed by atoms with Crippen LogP contribution in [0.4, 0.5) is 5.69 Å². The number of morpholine rings is 1. The highest BCUT2D eigenvalue weighted by Gasteiger charge is 2.22. The molecule has 1 amide bonds. The Hall–Kier alpha value is -2.79. The van der Waals surface area contributed by atoms with Crippen LogP contribution in [0.1, 0.15) is 28.3 Å². The highest BCUT2D eigenvalue weighted by Crippen LogP contribution is 2.21. The second kappa shape index (κ2) is 8.93. The molecule has 1 fully saturated rings. The summed E-state index contributed by atoms with van der Waals surface area (Å²) >= 11 is 0. The molecule has 2 aromatic rings. The molecule has 0 aliphatic carbocycles. The first-order chi connectivity index (χ1) is 13.5. The minimum Gasteiger partial charge on any atom is -0.379 e. The van der Waals surface area contributed by atoms with Crippen molar-refractivity contribution in [2.45, 2.75) is 26.9 Å². The molecule has 3 rings (SSSR count). The van der Waals surface area contributed by atoms with Crippen LogP contribution in [-0.2, 0) is 11.4 Å². The van der Waals surface area contributed by atoms with Gasteiger partial charge in [-0.1, -0.05) is 0 Å². The summed E-state index contributed by atoms with van der Waals surface area (Å²) in [5.41, 5.74) is 1.12. The Bertz CT molecular complexity index is 839. The molecular formula is C17H25N7O4. The second-order valence-corrected chi connectivity index (χ2v) is 6.72. The highest BCUT2D eigenvalue weighted by molar-refractivity contribution is 5.92. The van der Waals surface area contributed by atoms with Crippen molar-refractivity contribution in [3.05, 3.63) is 39.5 Å². The molecule has 0 bridgehead atoms. The summed E-state index contributed by atoms with van der Waals surface area (Å²) in [5, 5.41) is 22.4. The number of ether oxygens (including phenoxy) is 1. The van der Waals surface area contributed by atoms with E-state index in [-0.39, 0.29) is 18.3 Å². The fourth-order valence-corrected chi connectivity index (χ4v) is 3.21. The number of rotatable bonds is 8. The van der Waals surface area contributed by atoms with Gasteiger partial charge in [-0.2, -0.15) is 10.2 Å². The van der Waals surface area contributed by atoms with E-state index in [4.69, 9.17) is 4.74 Å². The molecule has 152 valence electrons. The third-order valence-corrected chi connectivity index (χ3v) is 4.72. The van der Waals surface area contributed by atoms with Gasteiger partial charge in [0.1, 0.15) is 23.8 Å². The third-order valence-electron chi connectivity index (χ3n) is 4.72. The Morgan fingerprint density at radius 3 is 2.75 bits per heavy atom. The van der Waals surface area contributed by atoms with Gasteiger partial charge in [-0.15, -0.1) is 0 Å². The fraction of sp³-hybridized carbons (Fsp3) is 0.588. The fourth-order valence-electron chi connectivity index (χ4n) is 3.21. The molecule has 0 spiro atoms. The van der Waals surface area contributed by atoms with Gasteiger partial charge in [0.2, 0.25) is 0 Å². The van der Waals surface area contributed by atoms with E-state index in [1.54, 1.807) is 26.1 Å². The lowest BCUT2D eigenvalue weighted by molar-refractivity contribution is -0.386. The van der Waals surface area contributed by atoms with Crippen molar-refractivity contribution in [3.8, 4) is 0 Å². The van der Waals surface area contributed by atoms with E-state index in [0.29, 0.717) is 23.6 Å². The van der Waals surface area contributed by atoms with Crippen LogP contribution in [-0.4, -0.2) is 74.7 Å². The maximum Gasteiger partial charge on any atom is 0.312 e. The van der Waals surface area contributed by atoms with Crippen molar-refractivity contribution in [2.24, 2.45) is 0 Å². The van der Waals surface area contributed by atoms with Gasteiger partial charge in [0, 0.05) is 25.8 Å². The van der Waals surface area contributed by atoms with E-state index in [0.717, 1.165) is 39.3 Å². The largest absolute Gasteiger partial charge is 0.379 e. The number of nitro groups is 1. The Morgan fingerprint density at radius 1 is 1.32 bits per heavy atom. The van der Waals surface area contributed by atoms with Crippen molar-refractivity contribution in [3.63, 3.8) is 0 Å². The molecule has 0 atom stereocenters. The first kappa shape index (κ1) is 20.0. The van der Waals surface area contributed by atoms with Crippen molar-refractivity contribution in [1.82, 2.24) is 29.8 Å². The third kappa shape index (κ3) is 4.73. The molecular weight excluding hydrogens is 366 g/mol. The SMILES string of the molecule is Cc1nn(Cn2ccc(C(=O)NCCCN3CCOCC3)n2)c(C)c1[N+](=O)[O-]. The summed E-state index contributed by atoms with van der Waals surface area (Å²) in [5.74, 6) is -0.236. The average molecular weight is 391 g/mol. The first-order valence-corrected chi connectivity index (χ1v) is 9.26. The van der Waals surface area contributed by atoms with Crippen molar-refractivity contribution >= 4 is 11.6 Å². The molecule has 0 unspecified atom stereocenters. The minimum absolute atomic E-state index is 0.00499. The van der Waals surface area contributed by atoms with E-state index in [2.05, 4.69) is 20.4 Å². The molecule has 1 aliphatic rings. The van der Waals surface area contributed by atoms with Crippen LogP contribution < -0.4 is 5.32 Å².